The van der Waals surface area contributed by atoms with Crippen molar-refractivity contribution in [2.45, 2.75) is 32.8 Å². The highest BCUT2D eigenvalue weighted by Crippen LogP contribution is 2.38. The van der Waals surface area contributed by atoms with Gasteiger partial charge in [-0.15, -0.1) is 0 Å². The van der Waals surface area contributed by atoms with Crippen molar-refractivity contribution in [1.82, 2.24) is 0 Å². The minimum Gasteiger partial charge on any atom is -0.476 e. The van der Waals surface area contributed by atoms with Gasteiger partial charge in [0.05, 0.1) is 12.3 Å². The molecule has 1 heterocycles. The highest BCUT2D eigenvalue weighted by atomic mass is 16.5. The quantitative estimate of drug-likeness (QED) is 0.774. The highest BCUT2D eigenvalue weighted by Gasteiger charge is 2.41. The molecule has 1 amide bonds. The third-order valence-electron chi connectivity index (χ3n) is 4.31. The van der Waals surface area contributed by atoms with Crippen molar-refractivity contribution in [3.05, 3.63) is 59.7 Å². The lowest BCUT2D eigenvalue weighted by molar-refractivity contribution is -0.144. The maximum absolute atomic E-state index is 12.7. The first-order valence-electron chi connectivity index (χ1n) is 8.68. The number of rotatable bonds is 5. The molecule has 26 heavy (non-hydrogen) atoms. The Balaban J connectivity index is 1.68. The second-order valence-electron chi connectivity index (χ2n) is 6.93. The van der Waals surface area contributed by atoms with Crippen molar-refractivity contribution in [2.24, 2.45) is 0 Å². The van der Waals surface area contributed by atoms with Gasteiger partial charge >= 0.3 is 5.97 Å². The molecular weight excluding hydrogens is 330 g/mol. The number of aryl methyl sites for hydroxylation is 1. The van der Waals surface area contributed by atoms with Crippen LogP contribution in [0.25, 0.3) is 0 Å². The largest absolute Gasteiger partial charge is 0.476 e. The Bertz CT molecular complexity index is 814. The summed E-state index contributed by atoms with van der Waals surface area (Å²) in [6, 6.07) is 15.4. The normalized spacial score (nSPS) is 15.2. The van der Waals surface area contributed by atoms with Crippen molar-refractivity contribution in [3.8, 4) is 5.75 Å². The average molecular weight is 353 g/mol. The molecule has 0 unspecified atom stereocenters. The van der Waals surface area contributed by atoms with Crippen LogP contribution in [0.4, 0.5) is 5.69 Å². The molecule has 0 radical (unpaired) electrons. The first-order chi connectivity index (χ1) is 12.4. The summed E-state index contributed by atoms with van der Waals surface area (Å²) in [4.78, 5) is 26.5. The zero-order valence-corrected chi connectivity index (χ0v) is 15.3. The van der Waals surface area contributed by atoms with Gasteiger partial charge < -0.3 is 9.47 Å². The van der Waals surface area contributed by atoms with Gasteiger partial charge in [0.15, 0.2) is 5.60 Å². The van der Waals surface area contributed by atoms with Crippen LogP contribution in [0.1, 0.15) is 25.0 Å². The van der Waals surface area contributed by atoms with E-state index in [9.17, 15) is 9.59 Å². The van der Waals surface area contributed by atoms with Gasteiger partial charge in [-0.2, -0.15) is 0 Å². The van der Waals surface area contributed by atoms with Gasteiger partial charge in [-0.05, 0) is 44.0 Å². The maximum atomic E-state index is 12.7. The molecular formula is C21H23NO4. The number of ether oxygens (including phenoxy) is 2. The van der Waals surface area contributed by atoms with Crippen LogP contribution in [0.15, 0.2) is 48.5 Å². The lowest BCUT2D eigenvalue weighted by atomic mass is 10.0. The van der Waals surface area contributed by atoms with Gasteiger partial charge in [0, 0.05) is 6.42 Å². The number of amides is 1. The second kappa shape index (κ2) is 7.20. The minimum atomic E-state index is -1.02. The standard InChI is InChI=1S/C21H23NO4/c1-15-9-10-18-17(13-15)22(20(24)21(2,3)26-18)14-19(23)25-12-11-16-7-5-4-6-8-16/h4-10,13H,11-12,14H2,1-3H3. The summed E-state index contributed by atoms with van der Waals surface area (Å²) in [6.07, 6.45) is 0.644. The van der Waals surface area contributed by atoms with Crippen molar-refractivity contribution < 1.29 is 19.1 Å². The van der Waals surface area contributed by atoms with E-state index in [-0.39, 0.29) is 19.1 Å². The van der Waals surface area contributed by atoms with E-state index in [4.69, 9.17) is 9.47 Å². The molecule has 136 valence electrons. The maximum Gasteiger partial charge on any atom is 0.326 e. The molecule has 5 nitrogen and oxygen atoms in total. The summed E-state index contributed by atoms with van der Waals surface area (Å²) >= 11 is 0. The number of nitrogens with zero attached hydrogens (tertiary/aromatic N) is 1. The molecule has 5 heteroatoms. The van der Waals surface area contributed by atoms with Gasteiger partial charge in [0.25, 0.3) is 5.91 Å². The monoisotopic (exact) mass is 353 g/mol. The molecule has 0 fully saturated rings. The van der Waals surface area contributed by atoms with Crippen LogP contribution in [0.5, 0.6) is 5.75 Å². The summed E-state index contributed by atoms with van der Waals surface area (Å²) < 4.78 is 11.1. The van der Waals surface area contributed by atoms with Crippen molar-refractivity contribution >= 4 is 17.6 Å². The van der Waals surface area contributed by atoms with E-state index in [1.165, 1.54) is 4.90 Å². The van der Waals surface area contributed by atoms with Gasteiger partial charge in [-0.1, -0.05) is 36.4 Å². The minimum absolute atomic E-state index is 0.128. The first kappa shape index (κ1) is 18.0. The Morgan fingerprint density at radius 3 is 2.62 bits per heavy atom. The number of fused-ring (bicyclic) bond motifs is 1. The van der Waals surface area contributed by atoms with Crippen molar-refractivity contribution in [3.63, 3.8) is 0 Å². The van der Waals surface area contributed by atoms with E-state index in [0.29, 0.717) is 17.9 Å². The number of hydrogen-bond donors (Lipinski definition) is 0. The van der Waals surface area contributed by atoms with Crippen LogP contribution in [-0.2, 0) is 20.7 Å². The van der Waals surface area contributed by atoms with E-state index in [2.05, 4.69) is 0 Å². The molecule has 0 spiro atoms. The topological polar surface area (TPSA) is 55.8 Å². The molecule has 0 atom stereocenters. The molecule has 1 aliphatic heterocycles. The van der Waals surface area contributed by atoms with E-state index in [0.717, 1.165) is 11.1 Å². The Hall–Kier alpha value is -2.82. The van der Waals surface area contributed by atoms with Gasteiger partial charge in [-0.25, -0.2) is 0 Å². The van der Waals surface area contributed by atoms with Crippen LogP contribution in [-0.4, -0.2) is 30.6 Å². The van der Waals surface area contributed by atoms with Crippen LogP contribution < -0.4 is 9.64 Å². The first-order valence-corrected chi connectivity index (χ1v) is 8.68. The Morgan fingerprint density at radius 2 is 1.88 bits per heavy atom. The Labute approximate surface area is 153 Å². The summed E-state index contributed by atoms with van der Waals surface area (Å²) in [5.74, 6) is -0.0904. The molecule has 0 bridgehead atoms. The fourth-order valence-electron chi connectivity index (χ4n) is 2.94. The van der Waals surface area contributed by atoms with Crippen molar-refractivity contribution in [1.29, 1.82) is 0 Å². The number of carbonyl (C=O) groups is 2. The van der Waals surface area contributed by atoms with E-state index >= 15 is 0 Å². The average Bonchev–Trinajstić information content (AvgIpc) is 2.60. The fourth-order valence-corrected chi connectivity index (χ4v) is 2.94. The molecule has 0 saturated carbocycles. The molecule has 2 aromatic rings. The molecule has 1 aliphatic rings. The molecule has 0 aliphatic carbocycles. The number of anilines is 1. The number of hydrogen-bond acceptors (Lipinski definition) is 4. The van der Waals surface area contributed by atoms with Crippen LogP contribution in [0, 0.1) is 6.92 Å². The third-order valence-corrected chi connectivity index (χ3v) is 4.31. The van der Waals surface area contributed by atoms with E-state index < -0.39 is 11.6 Å². The lowest BCUT2D eigenvalue weighted by Gasteiger charge is -2.38. The SMILES string of the molecule is Cc1ccc2c(c1)N(CC(=O)OCCc1ccccc1)C(=O)C(C)(C)O2. The lowest BCUT2D eigenvalue weighted by Crippen LogP contribution is -2.54. The van der Waals surface area contributed by atoms with Gasteiger partial charge in [-0.3, -0.25) is 14.5 Å². The van der Waals surface area contributed by atoms with Crippen LogP contribution in [0.2, 0.25) is 0 Å². The Morgan fingerprint density at radius 1 is 1.15 bits per heavy atom. The van der Waals surface area contributed by atoms with E-state index in [1.54, 1.807) is 13.8 Å². The summed E-state index contributed by atoms with van der Waals surface area (Å²) in [5.41, 5.74) is 1.67. The second-order valence-corrected chi connectivity index (χ2v) is 6.93. The predicted molar refractivity (Wildman–Crippen MR) is 99.3 cm³/mol. The van der Waals surface area contributed by atoms with E-state index in [1.807, 2.05) is 55.5 Å². The number of carbonyl (C=O) groups excluding carboxylic acids is 2. The molecule has 2 aromatic carbocycles. The highest BCUT2D eigenvalue weighted by molar-refractivity contribution is 6.05. The summed E-state index contributed by atoms with van der Waals surface area (Å²) in [5, 5.41) is 0. The van der Waals surface area contributed by atoms with Gasteiger partial charge in [0.2, 0.25) is 0 Å². The van der Waals surface area contributed by atoms with Crippen LogP contribution >= 0.6 is 0 Å². The third kappa shape index (κ3) is 3.87. The molecule has 0 N–H and O–H groups in total. The van der Waals surface area contributed by atoms with Gasteiger partial charge in [0.1, 0.15) is 12.3 Å². The fraction of sp³-hybridized carbons (Fsp3) is 0.333. The zero-order chi connectivity index (χ0) is 18.7. The smallest absolute Gasteiger partial charge is 0.326 e. The number of esters is 1. The molecule has 0 aromatic heterocycles. The number of benzene rings is 2. The van der Waals surface area contributed by atoms with Crippen molar-refractivity contribution in [2.75, 3.05) is 18.1 Å². The van der Waals surface area contributed by atoms with Crippen LogP contribution in [0.3, 0.4) is 0 Å². The Kier molecular flexibility index (Phi) is 4.98. The predicted octanol–water partition coefficient (Wildman–Crippen LogP) is 3.28. The molecule has 0 saturated heterocycles. The zero-order valence-electron chi connectivity index (χ0n) is 15.3. The summed E-state index contributed by atoms with van der Waals surface area (Å²) in [7, 11) is 0. The summed E-state index contributed by atoms with van der Waals surface area (Å²) in [6.45, 7) is 5.49. The molecule has 3 rings (SSSR count).